The predicted octanol–water partition coefficient (Wildman–Crippen LogP) is 3.58. The fraction of sp³-hybridized carbons (Fsp3) is 0.550. The summed E-state index contributed by atoms with van der Waals surface area (Å²) in [5.74, 6) is 2.16. The SMILES string of the molecule is Cc1ccccc1OCc1nnc(SCC(=O)N2[C@H](C)CCC[C@@H]2C)n1C. The molecule has 1 saturated heterocycles. The fourth-order valence-electron chi connectivity index (χ4n) is 3.57. The van der Waals surface area contributed by atoms with Gasteiger partial charge in [0, 0.05) is 19.1 Å². The second-order valence-corrected chi connectivity index (χ2v) is 8.17. The number of ether oxygens (including phenoxy) is 1. The molecule has 0 spiro atoms. The molecule has 0 bridgehead atoms. The zero-order valence-corrected chi connectivity index (χ0v) is 17.3. The second-order valence-electron chi connectivity index (χ2n) is 7.23. The minimum atomic E-state index is 0.181. The van der Waals surface area contributed by atoms with E-state index in [0.29, 0.717) is 24.4 Å². The van der Waals surface area contributed by atoms with Gasteiger partial charge < -0.3 is 14.2 Å². The fourth-order valence-corrected chi connectivity index (χ4v) is 4.37. The lowest BCUT2D eigenvalue weighted by Gasteiger charge is -2.39. The number of piperidine rings is 1. The first-order valence-electron chi connectivity index (χ1n) is 9.48. The van der Waals surface area contributed by atoms with Crippen LogP contribution in [0.4, 0.5) is 0 Å². The monoisotopic (exact) mass is 388 g/mol. The predicted molar refractivity (Wildman–Crippen MR) is 107 cm³/mol. The van der Waals surface area contributed by atoms with Gasteiger partial charge in [0.1, 0.15) is 12.4 Å². The van der Waals surface area contributed by atoms with E-state index in [0.717, 1.165) is 35.1 Å². The number of amides is 1. The van der Waals surface area contributed by atoms with E-state index in [-0.39, 0.29) is 5.91 Å². The summed E-state index contributed by atoms with van der Waals surface area (Å²) in [6, 6.07) is 8.54. The van der Waals surface area contributed by atoms with Crippen molar-refractivity contribution in [1.29, 1.82) is 0 Å². The van der Waals surface area contributed by atoms with E-state index in [9.17, 15) is 4.79 Å². The zero-order chi connectivity index (χ0) is 19.4. The largest absolute Gasteiger partial charge is 0.485 e. The van der Waals surface area contributed by atoms with Crippen molar-refractivity contribution in [1.82, 2.24) is 19.7 Å². The molecule has 146 valence electrons. The number of aromatic nitrogens is 3. The summed E-state index contributed by atoms with van der Waals surface area (Å²) in [6.07, 6.45) is 3.38. The molecule has 7 heteroatoms. The molecule has 0 unspecified atom stereocenters. The maximum atomic E-state index is 12.7. The van der Waals surface area contributed by atoms with Crippen molar-refractivity contribution in [2.24, 2.45) is 7.05 Å². The Morgan fingerprint density at radius 1 is 1.22 bits per heavy atom. The van der Waals surface area contributed by atoms with Crippen molar-refractivity contribution in [2.75, 3.05) is 5.75 Å². The van der Waals surface area contributed by atoms with Gasteiger partial charge in [-0.1, -0.05) is 30.0 Å². The molecule has 1 aromatic heterocycles. The van der Waals surface area contributed by atoms with Gasteiger partial charge in [-0.3, -0.25) is 4.79 Å². The average Bonchev–Trinajstić information content (AvgIpc) is 2.99. The van der Waals surface area contributed by atoms with Gasteiger partial charge in [-0.05, 0) is 51.7 Å². The Balaban J connectivity index is 1.57. The van der Waals surface area contributed by atoms with E-state index in [1.165, 1.54) is 18.2 Å². The number of thioether (sulfide) groups is 1. The molecule has 0 N–H and O–H groups in total. The molecule has 1 aliphatic rings. The number of likely N-dealkylation sites (tertiary alicyclic amines) is 1. The normalized spacial score (nSPS) is 19.9. The molecule has 2 heterocycles. The number of rotatable bonds is 6. The Bertz CT molecular complexity index is 782. The number of hydrogen-bond acceptors (Lipinski definition) is 5. The lowest BCUT2D eigenvalue weighted by molar-refractivity contribution is -0.134. The van der Waals surface area contributed by atoms with Crippen LogP contribution in [0.2, 0.25) is 0 Å². The van der Waals surface area contributed by atoms with Crippen LogP contribution in [0.25, 0.3) is 0 Å². The summed E-state index contributed by atoms with van der Waals surface area (Å²) in [4.78, 5) is 14.7. The Labute approximate surface area is 165 Å². The van der Waals surface area contributed by atoms with Crippen molar-refractivity contribution in [2.45, 2.75) is 63.9 Å². The Morgan fingerprint density at radius 3 is 2.63 bits per heavy atom. The number of hydrogen-bond donors (Lipinski definition) is 0. The van der Waals surface area contributed by atoms with Gasteiger partial charge in [0.25, 0.3) is 0 Å². The minimum Gasteiger partial charge on any atom is -0.485 e. The van der Waals surface area contributed by atoms with Crippen molar-refractivity contribution < 1.29 is 9.53 Å². The van der Waals surface area contributed by atoms with Crippen LogP contribution < -0.4 is 4.74 Å². The lowest BCUT2D eigenvalue weighted by atomic mass is 9.98. The van der Waals surface area contributed by atoms with Crippen LogP contribution in [0.15, 0.2) is 29.4 Å². The molecule has 2 atom stereocenters. The third-order valence-electron chi connectivity index (χ3n) is 5.18. The quantitative estimate of drug-likeness (QED) is 0.708. The highest BCUT2D eigenvalue weighted by Gasteiger charge is 2.29. The highest BCUT2D eigenvalue weighted by Crippen LogP contribution is 2.25. The molecule has 1 amide bonds. The molecule has 6 nitrogen and oxygen atoms in total. The molecule has 0 aliphatic carbocycles. The van der Waals surface area contributed by atoms with Gasteiger partial charge in [-0.15, -0.1) is 10.2 Å². The van der Waals surface area contributed by atoms with Crippen LogP contribution in [-0.4, -0.2) is 43.4 Å². The van der Waals surface area contributed by atoms with E-state index < -0.39 is 0 Å². The number of benzene rings is 1. The maximum absolute atomic E-state index is 12.7. The van der Waals surface area contributed by atoms with Crippen LogP contribution in [0.1, 0.15) is 44.5 Å². The maximum Gasteiger partial charge on any atom is 0.233 e. The number of aryl methyl sites for hydroxylation is 1. The Kier molecular flexibility index (Phi) is 6.42. The van der Waals surface area contributed by atoms with Crippen molar-refractivity contribution in [3.63, 3.8) is 0 Å². The van der Waals surface area contributed by atoms with Crippen LogP contribution >= 0.6 is 11.8 Å². The topological polar surface area (TPSA) is 60.3 Å². The number of nitrogens with zero attached hydrogens (tertiary/aromatic N) is 4. The van der Waals surface area contributed by atoms with Gasteiger partial charge in [0.15, 0.2) is 11.0 Å². The lowest BCUT2D eigenvalue weighted by Crippen LogP contribution is -2.48. The summed E-state index contributed by atoms with van der Waals surface area (Å²) in [5, 5.41) is 9.19. The van der Waals surface area contributed by atoms with Crippen LogP contribution in [0.3, 0.4) is 0 Å². The van der Waals surface area contributed by atoms with E-state index in [1.54, 1.807) is 0 Å². The van der Waals surface area contributed by atoms with Crippen LogP contribution in [0.5, 0.6) is 5.75 Å². The molecule has 0 saturated carbocycles. The molecular weight excluding hydrogens is 360 g/mol. The molecular formula is C20H28N4O2S. The Morgan fingerprint density at radius 2 is 1.93 bits per heavy atom. The molecule has 1 aliphatic heterocycles. The summed E-state index contributed by atoms with van der Waals surface area (Å²) >= 11 is 1.44. The number of carbonyl (C=O) groups is 1. The molecule has 0 radical (unpaired) electrons. The Hall–Kier alpha value is -2.02. The third kappa shape index (κ3) is 4.64. The summed E-state index contributed by atoms with van der Waals surface area (Å²) < 4.78 is 7.76. The van der Waals surface area contributed by atoms with E-state index in [4.69, 9.17) is 4.74 Å². The highest BCUT2D eigenvalue weighted by molar-refractivity contribution is 7.99. The van der Waals surface area contributed by atoms with Gasteiger partial charge >= 0.3 is 0 Å². The standard InChI is InChI=1S/C20H28N4O2S/c1-14-8-5-6-11-17(14)26-12-18-21-22-20(23(18)4)27-13-19(25)24-15(2)9-7-10-16(24)3/h5-6,8,11,15-16H,7,9-10,12-13H2,1-4H3/t15-,16+. The van der Waals surface area contributed by atoms with Gasteiger partial charge in [-0.25, -0.2) is 0 Å². The van der Waals surface area contributed by atoms with Gasteiger partial charge in [0.2, 0.25) is 5.91 Å². The highest BCUT2D eigenvalue weighted by atomic mass is 32.2. The molecule has 1 aromatic carbocycles. The molecule has 1 fully saturated rings. The van der Waals surface area contributed by atoms with Crippen LogP contribution in [-0.2, 0) is 18.4 Å². The summed E-state index contributed by atoms with van der Waals surface area (Å²) in [5.41, 5.74) is 1.09. The van der Waals surface area contributed by atoms with Crippen molar-refractivity contribution in [3.8, 4) is 5.75 Å². The van der Waals surface area contributed by atoms with Crippen LogP contribution in [0, 0.1) is 6.92 Å². The second kappa shape index (κ2) is 8.78. The van der Waals surface area contributed by atoms with Crippen molar-refractivity contribution in [3.05, 3.63) is 35.7 Å². The van der Waals surface area contributed by atoms with Gasteiger partial charge in [-0.2, -0.15) is 0 Å². The third-order valence-corrected chi connectivity index (χ3v) is 6.19. The first-order valence-corrected chi connectivity index (χ1v) is 10.5. The first kappa shape index (κ1) is 19.7. The minimum absolute atomic E-state index is 0.181. The van der Waals surface area contributed by atoms with E-state index in [1.807, 2.05) is 47.7 Å². The summed E-state index contributed by atoms with van der Waals surface area (Å²) in [7, 11) is 1.91. The molecule has 2 aromatic rings. The first-order chi connectivity index (χ1) is 13.0. The van der Waals surface area contributed by atoms with Gasteiger partial charge in [0.05, 0.1) is 5.75 Å². The van der Waals surface area contributed by atoms with Crippen molar-refractivity contribution >= 4 is 17.7 Å². The average molecular weight is 389 g/mol. The van der Waals surface area contributed by atoms with E-state index >= 15 is 0 Å². The smallest absolute Gasteiger partial charge is 0.233 e. The molecule has 27 heavy (non-hydrogen) atoms. The molecule has 3 rings (SSSR count). The van der Waals surface area contributed by atoms with E-state index in [2.05, 4.69) is 24.0 Å². The number of para-hydroxylation sites is 1. The number of carbonyl (C=O) groups excluding carboxylic acids is 1. The zero-order valence-electron chi connectivity index (χ0n) is 16.5. The summed E-state index contributed by atoms with van der Waals surface area (Å²) in [6.45, 7) is 6.65.